The minimum absolute atomic E-state index is 0.173. The highest BCUT2D eigenvalue weighted by atomic mass is 16.2. The van der Waals surface area contributed by atoms with Crippen LogP contribution in [-0.2, 0) is 0 Å². The van der Waals surface area contributed by atoms with Crippen LogP contribution in [0.25, 0.3) is 0 Å². The largest absolute Gasteiger partial charge is 0.324 e. The van der Waals surface area contributed by atoms with E-state index in [1.165, 1.54) is 5.56 Å². The summed E-state index contributed by atoms with van der Waals surface area (Å²) in [5.74, 6) is 0.618. The van der Waals surface area contributed by atoms with Crippen LogP contribution in [0.15, 0.2) is 54.6 Å². The maximum Gasteiger partial charge on any atom is 0.276 e. The molecule has 1 heterocycles. The molecule has 0 fully saturated rings. The number of aromatic nitrogens is 2. The van der Waals surface area contributed by atoms with Crippen molar-refractivity contribution in [1.29, 1.82) is 0 Å². The fourth-order valence-electron chi connectivity index (χ4n) is 3.13. The van der Waals surface area contributed by atoms with Crippen molar-refractivity contribution < 1.29 is 4.79 Å². The van der Waals surface area contributed by atoms with E-state index in [4.69, 9.17) is 0 Å². The van der Waals surface area contributed by atoms with Gasteiger partial charge in [0.1, 0.15) is 5.69 Å². The number of hydrogen-bond acceptors (Lipinski definition) is 4. The summed E-state index contributed by atoms with van der Waals surface area (Å²) >= 11 is 0. The summed E-state index contributed by atoms with van der Waals surface area (Å²) in [5, 5.41) is 3.34. The van der Waals surface area contributed by atoms with Crippen molar-refractivity contribution in [1.82, 2.24) is 9.97 Å². The first-order valence-corrected chi connectivity index (χ1v) is 9.42. The van der Waals surface area contributed by atoms with E-state index < -0.39 is 0 Å². The molecule has 144 valence electrons. The molecule has 0 aliphatic carbocycles. The third-order valence-corrected chi connectivity index (χ3v) is 4.69. The number of nitrogens with one attached hydrogen (secondary N) is 1. The quantitative estimate of drug-likeness (QED) is 0.664. The van der Waals surface area contributed by atoms with E-state index in [9.17, 15) is 4.79 Å². The van der Waals surface area contributed by atoms with Crippen molar-refractivity contribution >= 4 is 23.2 Å². The molecule has 0 spiro atoms. The molecule has 1 amide bonds. The molecule has 0 saturated heterocycles. The van der Waals surface area contributed by atoms with Gasteiger partial charge in [-0.15, -0.1) is 0 Å². The first-order valence-electron chi connectivity index (χ1n) is 9.42. The normalized spacial score (nSPS) is 10.8. The Bertz CT molecular complexity index is 983. The number of rotatable bonds is 5. The molecule has 5 nitrogen and oxygen atoms in total. The molecule has 3 rings (SSSR count). The molecular weight excluding hydrogens is 348 g/mol. The Kier molecular flexibility index (Phi) is 5.73. The van der Waals surface area contributed by atoms with Gasteiger partial charge in [0.05, 0.1) is 0 Å². The summed E-state index contributed by atoms with van der Waals surface area (Å²) in [6, 6.07) is 17.5. The lowest BCUT2D eigenvalue weighted by Crippen LogP contribution is -2.27. The zero-order valence-corrected chi connectivity index (χ0v) is 17.0. The maximum atomic E-state index is 13.0. The smallest absolute Gasteiger partial charge is 0.276 e. The Balaban J connectivity index is 1.94. The molecule has 28 heavy (non-hydrogen) atoms. The molecule has 0 saturated carbocycles. The van der Waals surface area contributed by atoms with Crippen molar-refractivity contribution in [2.75, 3.05) is 17.3 Å². The fourth-order valence-corrected chi connectivity index (χ4v) is 3.13. The molecule has 0 aliphatic heterocycles. The van der Waals surface area contributed by atoms with Gasteiger partial charge in [0.25, 0.3) is 5.91 Å². The molecule has 3 aromatic rings. The lowest BCUT2D eigenvalue weighted by molar-refractivity contribution is 0.0988. The second kappa shape index (κ2) is 8.21. The summed E-state index contributed by atoms with van der Waals surface area (Å²) in [5.41, 5.74) is 5.23. The minimum Gasteiger partial charge on any atom is -0.324 e. The molecule has 0 radical (unpaired) electrons. The van der Waals surface area contributed by atoms with Crippen molar-refractivity contribution in [3.63, 3.8) is 0 Å². The van der Waals surface area contributed by atoms with Crippen LogP contribution in [0, 0.1) is 13.8 Å². The number of nitrogens with zero attached hydrogens (tertiary/aromatic N) is 3. The first-order chi connectivity index (χ1) is 13.4. The third-order valence-electron chi connectivity index (χ3n) is 4.69. The van der Waals surface area contributed by atoms with Gasteiger partial charge in [-0.2, -0.15) is 0 Å². The number of anilines is 3. The molecule has 0 aliphatic rings. The Hall–Kier alpha value is -3.21. The molecule has 2 aromatic carbocycles. The zero-order valence-electron chi connectivity index (χ0n) is 17.0. The van der Waals surface area contributed by atoms with E-state index in [1.54, 1.807) is 18.0 Å². The Morgan fingerprint density at radius 1 is 1.00 bits per heavy atom. The number of para-hydroxylation sites is 2. The standard InChI is InChI=1S/C23H26N4O/c1-15(2)19-13-9-10-16(3)21(19)26-23-24-17(4)14-20(25-23)22(28)27(5)18-11-7-6-8-12-18/h6-15H,1-5H3,(H,24,25,26). The Labute approximate surface area is 166 Å². The Morgan fingerprint density at radius 2 is 1.71 bits per heavy atom. The predicted octanol–water partition coefficient (Wildman–Crippen LogP) is 5.24. The van der Waals surface area contributed by atoms with Gasteiger partial charge in [0.2, 0.25) is 5.95 Å². The molecule has 0 unspecified atom stereocenters. The van der Waals surface area contributed by atoms with Crippen molar-refractivity contribution in [3.8, 4) is 0 Å². The summed E-state index contributed by atoms with van der Waals surface area (Å²) in [6.45, 7) is 8.23. The van der Waals surface area contributed by atoms with Gasteiger partial charge in [-0.25, -0.2) is 9.97 Å². The van der Waals surface area contributed by atoms with Gasteiger partial charge in [-0.3, -0.25) is 4.79 Å². The number of carbonyl (C=O) groups excluding carboxylic acids is 1. The molecule has 5 heteroatoms. The van der Waals surface area contributed by atoms with Gasteiger partial charge < -0.3 is 10.2 Å². The highest BCUT2D eigenvalue weighted by Crippen LogP contribution is 2.29. The second-order valence-corrected chi connectivity index (χ2v) is 7.24. The lowest BCUT2D eigenvalue weighted by Gasteiger charge is -2.19. The van der Waals surface area contributed by atoms with E-state index in [0.29, 0.717) is 17.6 Å². The summed E-state index contributed by atoms with van der Waals surface area (Å²) in [4.78, 5) is 23.5. The maximum absolute atomic E-state index is 13.0. The fraction of sp³-hybridized carbons (Fsp3) is 0.261. The number of aryl methyl sites for hydroxylation is 2. The van der Waals surface area contributed by atoms with Crippen LogP contribution < -0.4 is 10.2 Å². The average molecular weight is 374 g/mol. The van der Waals surface area contributed by atoms with Crippen LogP contribution in [0.4, 0.5) is 17.3 Å². The van der Waals surface area contributed by atoms with Crippen molar-refractivity contribution in [2.24, 2.45) is 0 Å². The van der Waals surface area contributed by atoms with E-state index in [0.717, 1.165) is 22.6 Å². The average Bonchev–Trinajstić information content (AvgIpc) is 2.68. The van der Waals surface area contributed by atoms with E-state index in [1.807, 2.05) is 37.3 Å². The summed E-state index contributed by atoms with van der Waals surface area (Å²) in [6.07, 6.45) is 0. The van der Waals surface area contributed by atoms with Crippen LogP contribution in [0.1, 0.15) is 47.1 Å². The van der Waals surface area contributed by atoms with Gasteiger partial charge in [-0.05, 0) is 49.1 Å². The number of hydrogen-bond donors (Lipinski definition) is 1. The van der Waals surface area contributed by atoms with E-state index >= 15 is 0 Å². The molecular formula is C23H26N4O. The Morgan fingerprint density at radius 3 is 2.39 bits per heavy atom. The minimum atomic E-state index is -0.173. The van der Waals surface area contributed by atoms with Crippen LogP contribution in [0.5, 0.6) is 0 Å². The van der Waals surface area contributed by atoms with Gasteiger partial charge in [-0.1, -0.05) is 50.2 Å². The zero-order chi connectivity index (χ0) is 20.3. The summed E-state index contributed by atoms with van der Waals surface area (Å²) in [7, 11) is 1.75. The van der Waals surface area contributed by atoms with Crippen LogP contribution >= 0.6 is 0 Å². The van der Waals surface area contributed by atoms with E-state index in [-0.39, 0.29) is 5.91 Å². The monoisotopic (exact) mass is 374 g/mol. The molecule has 1 N–H and O–H groups in total. The van der Waals surface area contributed by atoms with Crippen molar-refractivity contribution in [2.45, 2.75) is 33.6 Å². The SMILES string of the molecule is Cc1cc(C(=O)N(C)c2ccccc2)nc(Nc2c(C)cccc2C(C)C)n1. The van der Waals surface area contributed by atoms with Crippen LogP contribution in [0.3, 0.4) is 0 Å². The molecule has 0 bridgehead atoms. The highest BCUT2D eigenvalue weighted by Gasteiger charge is 2.18. The van der Waals surface area contributed by atoms with Crippen LogP contribution in [0.2, 0.25) is 0 Å². The topological polar surface area (TPSA) is 58.1 Å². The van der Waals surface area contributed by atoms with E-state index in [2.05, 4.69) is 54.3 Å². The van der Waals surface area contributed by atoms with Gasteiger partial charge in [0, 0.05) is 24.1 Å². The number of benzene rings is 2. The van der Waals surface area contributed by atoms with Gasteiger partial charge in [0.15, 0.2) is 0 Å². The highest BCUT2D eigenvalue weighted by molar-refractivity contribution is 6.04. The lowest BCUT2D eigenvalue weighted by atomic mass is 9.98. The number of carbonyl (C=O) groups is 1. The van der Waals surface area contributed by atoms with Crippen molar-refractivity contribution in [3.05, 3.63) is 77.1 Å². The molecule has 1 aromatic heterocycles. The molecule has 0 atom stereocenters. The third kappa shape index (κ3) is 4.19. The first kappa shape index (κ1) is 19.5. The predicted molar refractivity (Wildman–Crippen MR) is 114 cm³/mol. The summed E-state index contributed by atoms with van der Waals surface area (Å²) < 4.78 is 0. The second-order valence-electron chi connectivity index (χ2n) is 7.24. The van der Waals surface area contributed by atoms with Gasteiger partial charge >= 0.3 is 0 Å². The number of amides is 1. The van der Waals surface area contributed by atoms with Crippen LogP contribution in [-0.4, -0.2) is 22.9 Å².